The molecule has 0 aliphatic rings. The zero-order chi connectivity index (χ0) is 9.94. The van der Waals surface area contributed by atoms with Gasteiger partial charge in [0.15, 0.2) is 0 Å². The number of hydrogen-bond donors (Lipinski definition) is 1. The Morgan fingerprint density at radius 1 is 1.58 bits per heavy atom. The fourth-order valence-corrected chi connectivity index (χ4v) is 0.913. The van der Waals surface area contributed by atoms with E-state index in [1.165, 1.54) is 6.08 Å². The van der Waals surface area contributed by atoms with Crippen LogP contribution in [0.2, 0.25) is 0 Å². The highest BCUT2D eigenvalue weighted by molar-refractivity contribution is 9.11. The van der Waals surface area contributed by atoms with Crippen molar-refractivity contribution in [1.82, 2.24) is 0 Å². The van der Waals surface area contributed by atoms with Gasteiger partial charge in [0.25, 0.3) is 0 Å². The van der Waals surface area contributed by atoms with E-state index >= 15 is 0 Å². The summed E-state index contributed by atoms with van der Waals surface area (Å²) in [7, 11) is 0. The number of nitrogens with two attached hydrogens (primary N) is 1. The second-order valence-electron chi connectivity index (χ2n) is 2.27. The third-order valence-electron chi connectivity index (χ3n) is 1.37. The third kappa shape index (κ3) is 2.89. The summed E-state index contributed by atoms with van der Waals surface area (Å²) in [5.74, 6) is -1.59. The summed E-state index contributed by atoms with van der Waals surface area (Å²) in [6, 6.07) is 0. The van der Waals surface area contributed by atoms with E-state index in [2.05, 4.69) is 22.5 Å². The summed E-state index contributed by atoms with van der Waals surface area (Å²) in [6.45, 7) is 4.29. The summed E-state index contributed by atoms with van der Waals surface area (Å²) in [5, 5.41) is 0. The van der Waals surface area contributed by atoms with E-state index in [1.807, 2.05) is 0 Å². The Kier molecular flexibility index (Phi) is 3.83. The molecule has 0 heterocycles. The maximum absolute atomic E-state index is 12.0. The van der Waals surface area contributed by atoms with Crippen LogP contribution in [-0.2, 0) is 0 Å². The minimum Gasteiger partial charge on any atom is -0.398 e. The minimum absolute atomic E-state index is 0.0137. The van der Waals surface area contributed by atoms with Crippen molar-refractivity contribution in [2.45, 2.75) is 13.1 Å². The highest BCUT2D eigenvalue weighted by Crippen LogP contribution is 2.35. The van der Waals surface area contributed by atoms with Gasteiger partial charge in [0.1, 0.15) is 0 Å². The number of alkyl halides is 3. The molecule has 0 saturated heterocycles. The van der Waals surface area contributed by atoms with Crippen molar-refractivity contribution >= 4 is 15.9 Å². The molecule has 0 aromatic rings. The van der Waals surface area contributed by atoms with Crippen molar-refractivity contribution in [1.29, 1.82) is 0 Å². The fourth-order valence-electron chi connectivity index (χ4n) is 0.491. The molecule has 0 fully saturated rings. The van der Waals surface area contributed by atoms with Gasteiger partial charge in [-0.3, -0.25) is 0 Å². The lowest BCUT2D eigenvalue weighted by Gasteiger charge is -2.15. The first kappa shape index (κ1) is 11.6. The van der Waals surface area contributed by atoms with Crippen molar-refractivity contribution in [3.05, 3.63) is 22.8 Å². The fraction of sp³-hybridized carbons (Fsp3) is 0.429. The van der Waals surface area contributed by atoms with Gasteiger partial charge in [0.2, 0.25) is 0 Å². The van der Waals surface area contributed by atoms with Gasteiger partial charge in [-0.25, -0.2) is 0 Å². The Bertz CT molecular complexity index is 207. The standard InChI is InChI=1S/C7H9BrF3N/c1-3-5(12)6(8)4(2)7(9,10)11/h3-4H,1,12H2,2H3/b6-5+/t4-/m0/s1. The minimum atomic E-state index is -4.27. The van der Waals surface area contributed by atoms with Crippen molar-refractivity contribution < 1.29 is 13.2 Å². The average molecular weight is 244 g/mol. The molecular weight excluding hydrogens is 235 g/mol. The molecule has 0 radical (unpaired) electrons. The summed E-state index contributed by atoms with van der Waals surface area (Å²) in [6.07, 6.45) is -3.10. The van der Waals surface area contributed by atoms with Crippen LogP contribution in [0.3, 0.4) is 0 Å². The Balaban J connectivity index is 4.72. The second-order valence-corrected chi connectivity index (χ2v) is 3.13. The molecule has 0 aromatic heterocycles. The summed E-state index contributed by atoms with van der Waals surface area (Å²) in [4.78, 5) is 0. The molecule has 0 amide bonds. The first-order chi connectivity index (χ1) is 5.30. The van der Waals surface area contributed by atoms with Gasteiger partial charge in [-0.15, -0.1) is 0 Å². The molecule has 0 aromatic carbocycles. The van der Waals surface area contributed by atoms with E-state index in [9.17, 15) is 13.2 Å². The zero-order valence-corrected chi connectivity index (χ0v) is 8.04. The molecule has 5 heteroatoms. The molecule has 70 valence electrons. The van der Waals surface area contributed by atoms with Crippen LogP contribution in [0.4, 0.5) is 13.2 Å². The highest BCUT2D eigenvalue weighted by atomic mass is 79.9. The van der Waals surface area contributed by atoms with Crippen LogP contribution in [0.25, 0.3) is 0 Å². The lowest BCUT2D eigenvalue weighted by atomic mass is 10.1. The Hall–Kier alpha value is -0.450. The van der Waals surface area contributed by atoms with Crippen LogP contribution in [-0.4, -0.2) is 6.18 Å². The molecule has 0 aliphatic heterocycles. The largest absolute Gasteiger partial charge is 0.398 e. The van der Waals surface area contributed by atoms with Crippen LogP contribution < -0.4 is 5.73 Å². The monoisotopic (exact) mass is 243 g/mol. The maximum Gasteiger partial charge on any atom is 0.396 e. The van der Waals surface area contributed by atoms with Crippen molar-refractivity contribution in [3.8, 4) is 0 Å². The smallest absolute Gasteiger partial charge is 0.396 e. The first-order valence-corrected chi connectivity index (χ1v) is 3.94. The van der Waals surface area contributed by atoms with Gasteiger partial charge in [-0.2, -0.15) is 13.2 Å². The van der Waals surface area contributed by atoms with Crippen LogP contribution in [0, 0.1) is 5.92 Å². The van der Waals surface area contributed by atoms with Crippen LogP contribution >= 0.6 is 15.9 Å². The van der Waals surface area contributed by atoms with Crippen LogP contribution in [0.5, 0.6) is 0 Å². The normalized spacial score (nSPS) is 16.8. The van der Waals surface area contributed by atoms with Crippen LogP contribution in [0.1, 0.15) is 6.92 Å². The van der Waals surface area contributed by atoms with E-state index in [-0.39, 0.29) is 10.2 Å². The molecule has 0 saturated carbocycles. The zero-order valence-electron chi connectivity index (χ0n) is 6.45. The third-order valence-corrected chi connectivity index (χ3v) is 2.51. The van der Waals surface area contributed by atoms with Crippen LogP contribution in [0.15, 0.2) is 22.8 Å². The van der Waals surface area contributed by atoms with Gasteiger partial charge >= 0.3 is 6.18 Å². The molecule has 2 N–H and O–H groups in total. The maximum atomic E-state index is 12.0. The van der Waals surface area contributed by atoms with Gasteiger partial charge in [-0.1, -0.05) is 22.5 Å². The number of halogens is 4. The van der Waals surface area contributed by atoms with Crippen molar-refractivity contribution in [2.24, 2.45) is 11.7 Å². The predicted molar refractivity (Wildman–Crippen MR) is 45.6 cm³/mol. The van der Waals surface area contributed by atoms with E-state index in [0.717, 1.165) is 6.92 Å². The van der Waals surface area contributed by atoms with E-state index in [0.29, 0.717) is 0 Å². The van der Waals surface area contributed by atoms with Gasteiger partial charge in [0, 0.05) is 10.2 Å². The van der Waals surface area contributed by atoms with Crippen molar-refractivity contribution in [3.63, 3.8) is 0 Å². The lowest BCUT2D eigenvalue weighted by molar-refractivity contribution is -0.157. The predicted octanol–water partition coefficient (Wildman–Crippen LogP) is 2.94. The van der Waals surface area contributed by atoms with Gasteiger partial charge < -0.3 is 5.73 Å². The number of hydrogen-bond acceptors (Lipinski definition) is 1. The molecule has 0 aliphatic carbocycles. The topological polar surface area (TPSA) is 26.0 Å². The number of allylic oxidation sites excluding steroid dienone is 2. The molecule has 0 rings (SSSR count). The molecule has 0 bridgehead atoms. The van der Waals surface area contributed by atoms with E-state index in [4.69, 9.17) is 5.73 Å². The molecule has 0 unspecified atom stereocenters. The van der Waals surface area contributed by atoms with Gasteiger partial charge in [-0.05, 0) is 13.0 Å². The summed E-state index contributed by atoms with van der Waals surface area (Å²) >= 11 is 2.77. The van der Waals surface area contributed by atoms with E-state index in [1.54, 1.807) is 0 Å². The SMILES string of the molecule is C=C/C(N)=C(\Br)[C@H](C)C(F)(F)F. The Morgan fingerprint density at radius 2 is 2.00 bits per heavy atom. The highest BCUT2D eigenvalue weighted by Gasteiger charge is 2.38. The molecule has 12 heavy (non-hydrogen) atoms. The molecule has 1 nitrogen and oxygen atoms in total. The molecule has 0 spiro atoms. The van der Waals surface area contributed by atoms with Crippen molar-refractivity contribution in [2.75, 3.05) is 0 Å². The lowest BCUT2D eigenvalue weighted by Crippen LogP contribution is -2.21. The molecule has 1 atom stereocenters. The second kappa shape index (κ2) is 3.98. The summed E-state index contributed by atoms with van der Waals surface area (Å²) < 4.78 is 36.0. The van der Waals surface area contributed by atoms with Gasteiger partial charge in [0.05, 0.1) is 5.92 Å². The Labute approximate surface area is 77.3 Å². The quantitative estimate of drug-likeness (QED) is 0.742. The number of rotatable bonds is 2. The Morgan fingerprint density at radius 3 is 2.25 bits per heavy atom. The average Bonchev–Trinajstić information content (AvgIpc) is 1.98. The molecular formula is C7H9BrF3N. The summed E-state index contributed by atoms with van der Waals surface area (Å²) in [5.41, 5.74) is 5.24. The van der Waals surface area contributed by atoms with E-state index < -0.39 is 12.1 Å². The first-order valence-electron chi connectivity index (χ1n) is 3.15.